The van der Waals surface area contributed by atoms with E-state index in [1.165, 1.54) is 49.7 Å². The van der Waals surface area contributed by atoms with Gasteiger partial charge in [-0.15, -0.1) is 0 Å². The summed E-state index contributed by atoms with van der Waals surface area (Å²) >= 11 is 0. The van der Waals surface area contributed by atoms with Gasteiger partial charge in [-0.1, -0.05) is 78.9 Å². The van der Waals surface area contributed by atoms with Gasteiger partial charge in [0.05, 0.1) is 18.0 Å². The van der Waals surface area contributed by atoms with E-state index in [0.717, 1.165) is 45.8 Å². The van der Waals surface area contributed by atoms with Crippen LogP contribution >= 0.6 is 0 Å². The van der Waals surface area contributed by atoms with E-state index in [9.17, 15) is 0 Å². The number of nitrogens with zero attached hydrogens (tertiary/aromatic N) is 6. The summed E-state index contributed by atoms with van der Waals surface area (Å²) in [4.78, 5) is 27.3. The summed E-state index contributed by atoms with van der Waals surface area (Å²) in [6.07, 6.45) is 12.1. The van der Waals surface area contributed by atoms with Gasteiger partial charge in [-0.2, -0.15) is 0 Å². The number of aromatic nitrogens is 5. The van der Waals surface area contributed by atoms with Crippen LogP contribution in [-0.2, 0) is 5.41 Å². The molecule has 0 spiro atoms. The summed E-state index contributed by atoms with van der Waals surface area (Å²) in [6, 6.07) is 35.0. The predicted molar refractivity (Wildman–Crippen MR) is 189 cm³/mol. The van der Waals surface area contributed by atoms with Gasteiger partial charge in [0.15, 0.2) is 23.2 Å². The molecule has 4 fully saturated rings. The van der Waals surface area contributed by atoms with Crippen LogP contribution < -0.4 is 0 Å². The van der Waals surface area contributed by atoms with Crippen LogP contribution in [0.25, 0.3) is 61.5 Å². The Hall–Kier alpha value is -5.54. The molecule has 0 aliphatic heterocycles. The molecular formula is C42H34N6. The van der Waals surface area contributed by atoms with Crippen LogP contribution in [0.3, 0.4) is 0 Å². The first-order valence-electron chi connectivity index (χ1n) is 16.9. The lowest BCUT2D eigenvalue weighted by Gasteiger charge is -2.57. The number of rotatable bonds is 6. The van der Waals surface area contributed by atoms with Crippen molar-refractivity contribution in [2.75, 3.05) is 0 Å². The second kappa shape index (κ2) is 11.6. The molecule has 0 atom stereocenters. The maximum absolute atomic E-state index is 7.34. The second-order valence-corrected chi connectivity index (χ2v) is 14.0. The molecule has 0 amide bonds. The van der Waals surface area contributed by atoms with Gasteiger partial charge in [0.1, 0.15) is 0 Å². The van der Waals surface area contributed by atoms with Crippen LogP contribution in [0.2, 0.25) is 0 Å². The molecule has 0 radical (unpaired) electrons. The van der Waals surface area contributed by atoms with E-state index in [2.05, 4.69) is 63.3 Å². The van der Waals surface area contributed by atoms with Gasteiger partial charge in [-0.05, 0) is 103 Å². The zero-order valence-corrected chi connectivity index (χ0v) is 26.6. The molecule has 4 aliphatic rings. The highest BCUT2D eigenvalue weighted by molar-refractivity contribution is 5.71. The molecule has 10 rings (SSSR count). The van der Waals surface area contributed by atoms with Crippen molar-refractivity contribution in [2.24, 2.45) is 17.8 Å². The van der Waals surface area contributed by atoms with Crippen LogP contribution in [0.5, 0.6) is 0 Å². The Bertz CT molecular complexity index is 2100. The van der Waals surface area contributed by atoms with Gasteiger partial charge < -0.3 is 0 Å². The van der Waals surface area contributed by atoms with Crippen molar-refractivity contribution in [3.63, 3.8) is 0 Å². The van der Waals surface area contributed by atoms with Crippen molar-refractivity contribution in [1.82, 2.24) is 24.9 Å². The van der Waals surface area contributed by atoms with E-state index in [1.54, 1.807) is 30.1 Å². The SMILES string of the molecule is [C-]#[N+]c1ccc(-c2nc(-c3ccc(-c4ccc(C56CC7CC(CC(C7)C5)C6)cc4)cc3)nc(-c3ccc(-c4ccccn4)nc3)n2)cc1. The van der Waals surface area contributed by atoms with Gasteiger partial charge in [0.25, 0.3) is 0 Å². The summed E-state index contributed by atoms with van der Waals surface area (Å²) in [6.45, 7) is 7.34. The number of hydrogen-bond acceptors (Lipinski definition) is 5. The molecule has 4 saturated carbocycles. The molecule has 0 saturated heterocycles. The molecule has 6 heteroatoms. The van der Waals surface area contributed by atoms with E-state index in [4.69, 9.17) is 21.5 Å². The highest BCUT2D eigenvalue weighted by atomic mass is 15.0. The topological polar surface area (TPSA) is 68.8 Å². The van der Waals surface area contributed by atoms with Crippen LogP contribution in [0.1, 0.15) is 44.1 Å². The Morgan fingerprint density at radius 1 is 0.521 bits per heavy atom. The highest BCUT2D eigenvalue weighted by Gasteiger charge is 2.51. The average molecular weight is 623 g/mol. The molecule has 48 heavy (non-hydrogen) atoms. The van der Waals surface area contributed by atoms with Crippen molar-refractivity contribution in [1.29, 1.82) is 0 Å². The zero-order valence-electron chi connectivity index (χ0n) is 26.6. The summed E-state index contributed by atoms with van der Waals surface area (Å²) in [5.41, 5.74) is 9.05. The molecule has 232 valence electrons. The van der Waals surface area contributed by atoms with Gasteiger partial charge in [-0.25, -0.2) is 19.8 Å². The van der Waals surface area contributed by atoms with Gasteiger partial charge in [0.2, 0.25) is 0 Å². The Morgan fingerprint density at radius 3 is 1.54 bits per heavy atom. The summed E-state index contributed by atoms with van der Waals surface area (Å²) in [5, 5.41) is 0. The second-order valence-electron chi connectivity index (χ2n) is 14.0. The first-order chi connectivity index (χ1) is 23.6. The largest absolute Gasteiger partial charge is 0.255 e. The molecule has 0 N–H and O–H groups in total. The molecule has 3 heterocycles. The van der Waals surface area contributed by atoms with Crippen molar-refractivity contribution in [2.45, 2.75) is 43.9 Å². The predicted octanol–water partition coefficient (Wildman–Crippen LogP) is 10.0. The molecule has 3 aromatic heterocycles. The average Bonchev–Trinajstić information content (AvgIpc) is 3.15. The molecule has 6 aromatic rings. The fraction of sp³-hybridized carbons (Fsp3) is 0.238. The Morgan fingerprint density at radius 2 is 1.02 bits per heavy atom. The first kappa shape index (κ1) is 28.7. The monoisotopic (exact) mass is 622 g/mol. The molecule has 0 unspecified atom stereocenters. The van der Waals surface area contributed by atoms with Crippen LogP contribution in [0, 0.1) is 24.3 Å². The zero-order chi connectivity index (χ0) is 32.1. The van der Waals surface area contributed by atoms with Gasteiger partial charge in [-0.3, -0.25) is 9.97 Å². The van der Waals surface area contributed by atoms with E-state index in [0.29, 0.717) is 28.6 Å². The van der Waals surface area contributed by atoms with E-state index < -0.39 is 0 Å². The summed E-state index contributed by atoms with van der Waals surface area (Å²) in [5.74, 6) is 4.50. The lowest BCUT2D eigenvalue weighted by atomic mass is 9.48. The van der Waals surface area contributed by atoms with E-state index >= 15 is 0 Å². The number of pyridine rings is 2. The molecule has 4 bridgehead atoms. The number of benzene rings is 3. The highest BCUT2D eigenvalue weighted by Crippen LogP contribution is 2.60. The van der Waals surface area contributed by atoms with Crippen LogP contribution in [-0.4, -0.2) is 24.9 Å². The molecule has 4 aliphatic carbocycles. The normalized spacial score (nSPS) is 22.4. The van der Waals surface area contributed by atoms with E-state index in [-0.39, 0.29) is 0 Å². The third-order valence-corrected chi connectivity index (χ3v) is 10.9. The van der Waals surface area contributed by atoms with Crippen molar-refractivity contribution < 1.29 is 0 Å². The Labute approximate surface area is 280 Å². The van der Waals surface area contributed by atoms with Crippen LogP contribution in [0.4, 0.5) is 5.69 Å². The van der Waals surface area contributed by atoms with Gasteiger partial charge >= 0.3 is 0 Å². The standard InChI is InChI=1S/C42H34N6/c1-43-36-16-11-33(12-17-36)40-46-39(47-41(48-40)34-13-18-38(45-26-34)37-4-2-3-19-44-37)32-7-5-30(6-8-32)31-9-14-35(15-10-31)42-23-27-20-28(24-42)22-29(21-27)25-42/h2-19,26-29H,20-25H2. The first-order valence-corrected chi connectivity index (χ1v) is 16.9. The summed E-state index contributed by atoms with van der Waals surface area (Å²) in [7, 11) is 0. The van der Waals surface area contributed by atoms with Gasteiger partial charge in [0, 0.05) is 29.1 Å². The molecule has 6 nitrogen and oxygen atoms in total. The Balaban J connectivity index is 1.03. The van der Waals surface area contributed by atoms with E-state index in [1.807, 2.05) is 42.5 Å². The minimum atomic E-state index is 0.413. The lowest BCUT2D eigenvalue weighted by molar-refractivity contribution is -0.00518. The maximum Gasteiger partial charge on any atom is 0.187 e. The minimum absolute atomic E-state index is 0.413. The minimum Gasteiger partial charge on any atom is -0.255 e. The molecule has 3 aromatic carbocycles. The number of hydrogen-bond donors (Lipinski definition) is 0. The fourth-order valence-corrected chi connectivity index (χ4v) is 8.93. The summed E-state index contributed by atoms with van der Waals surface area (Å²) < 4.78 is 0. The van der Waals surface area contributed by atoms with Crippen molar-refractivity contribution in [3.8, 4) is 56.7 Å². The van der Waals surface area contributed by atoms with Crippen molar-refractivity contribution >= 4 is 5.69 Å². The smallest absolute Gasteiger partial charge is 0.187 e. The third kappa shape index (κ3) is 5.26. The maximum atomic E-state index is 7.34. The van der Waals surface area contributed by atoms with Crippen LogP contribution in [0.15, 0.2) is 116 Å². The molecular weight excluding hydrogens is 589 g/mol. The quantitative estimate of drug-likeness (QED) is 0.173. The third-order valence-electron chi connectivity index (χ3n) is 10.9. The lowest BCUT2D eigenvalue weighted by Crippen LogP contribution is -2.48. The van der Waals surface area contributed by atoms with Crippen molar-refractivity contribution in [3.05, 3.63) is 133 Å². The fourth-order valence-electron chi connectivity index (χ4n) is 8.93. The Kier molecular flexibility index (Phi) is 6.93.